The van der Waals surface area contributed by atoms with Crippen LogP contribution in [-0.4, -0.2) is 14.8 Å². The van der Waals surface area contributed by atoms with Crippen molar-refractivity contribution in [3.8, 4) is 23.3 Å². The normalized spacial score (nSPS) is 10.9. The van der Waals surface area contributed by atoms with E-state index < -0.39 is 24.3 Å². The molecule has 0 aliphatic carbocycles. The standard InChI is InChI=1S/C18H11F4N3O2/c19-15(20)12-5-1-3-11(9-12)4-2-7-25-8-6-13(10-14(25)26)17-23-24-18(27-17)16(21)22/h1,3,5-6,8-10,15-16H,7H2. The molecule has 0 atom stereocenters. The van der Waals surface area contributed by atoms with Gasteiger partial charge in [-0.15, -0.1) is 10.2 Å². The van der Waals surface area contributed by atoms with Crippen molar-refractivity contribution < 1.29 is 22.0 Å². The predicted octanol–water partition coefficient (Wildman–Crippen LogP) is 3.83. The molecule has 2 heterocycles. The van der Waals surface area contributed by atoms with Gasteiger partial charge >= 0.3 is 6.43 Å². The maximum atomic E-state index is 12.7. The van der Waals surface area contributed by atoms with Crippen LogP contribution in [0.15, 0.2) is 51.8 Å². The molecule has 3 rings (SSSR count). The quantitative estimate of drug-likeness (QED) is 0.512. The lowest BCUT2D eigenvalue weighted by Gasteiger charge is -2.01. The van der Waals surface area contributed by atoms with Crippen LogP contribution in [0.4, 0.5) is 17.6 Å². The molecule has 0 N–H and O–H groups in total. The molecule has 3 aromatic rings. The summed E-state index contributed by atoms with van der Waals surface area (Å²) in [5.74, 6) is 4.41. The van der Waals surface area contributed by atoms with Gasteiger partial charge in [-0.05, 0) is 18.2 Å². The summed E-state index contributed by atoms with van der Waals surface area (Å²) in [5, 5.41) is 6.66. The number of benzene rings is 1. The summed E-state index contributed by atoms with van der Waals surface area (Å²) in [6.45, 7) is 0.0180. The van der Waals surface area contributed by atoms with Gasteiger partial charge in [0.05, 0.1) is 6.54 Å². The van der Waals surface area contributed by atoms with Crippen molar-refractivity contribution >= 4 is 0 Å². The number of alkyl halides is 4. The van der Waals surface area contributed by atoms with E-state index in [1.54, 1.807) is 6.07 Å². The third-order valence-corrected chi connectivity index (χ3v) is 3.49. The molecule has 5 nitrogen and oxygen atoms in total. The summed E-state index contributed by atoms with van der Waals surface area (Å²) < 4.78 is 56.3. The van der Waals surface area contributed by atoms with Gasteiger partial charge in [-0.25, -0.2) is 8.78 Å². The highest BCUT2D eigenvalue weighted by Gasteiger charge is 2.17. The van der Waals surface area contributed by atoms with Crippen molar-refractivity contribution in [3.05, 3.63) is 70.0 Å². The molecule has 0 fully saturated rings. The SMILES string of the molecule is O=c1cc(-c2nnc(C(F)F)o2)ccn1CC#Cc1cccc(C(F)F)c1. The zero-order valence-electron chi connectivity index (χ0n) is 13.6. The maximum Gasteiger partial charge on any atom is 0.314 e. The van der Waals surface area contributed by atoms with Gasteiger partial charge in [0.15, 0.2) is 0 Å². The Hall–Kier alpha value is -3.41. The number of hydrogen-bond donors (Lipinski definition) is 0. The van der Waals surface area contributed by atoms with E-state index in [2.05, 4.69) is 22.0 Å². The molecule has 9 heteroatoms. The van der Waals surface area contributed by atoms with Gasteiger partial charge in [-0.3, -0.25) is 4.79 Å². The summed E-state index contributed by atoms with van der Waals surface area (Å²) in [4.78, 5) is 12.1. The second-order valence-corrected chi connectivity index (χ2v) is 5.36. The highest BCUT2D eigenvalue weighted by atomic mass is 19.3. The summed E-state index contributed by atoms with van der Waals surface area (Å²) in [6.07, 6.45) is -4.09. The Kier molecular flexibility index (Phi) is 5.35. The molecule has 0 spiro atoms. The Balaban J connectivity index is 1.75. The molecule has 2 aromatic heterocycles. The Labute approximate surface area is 150 Å². The van der Waals surface area contributed by atoms with E-state index in [1.807, 2.05) is 0 Å². The predicted molar refractivity (Wildman–Crippen MR) is 87.2 cm³/mol. The van der Waals surface area contributed by atoms with E-state index in [9.17, 15) is 22.4 Å². The van der Waals surface area contributed by atoms with Crippen LogP contribution in [0.3, 0.4) is 0 Å². The third-order valence-electron chi connectivity index (χ3n) is 3.49. The van der Waals surface area contributed by atoms with Crippen LogP contribution in [-0.2, 0) is 6.54 Å². The van der Waals surface area contributed by atoms with Crippen LogP contribution in [0.25, 0.3) is 11.5 Å². The molecule has 138 valence electrons. The van der Waals surface area contributed by atoms with Crippen molar-refractivity contribution in [2.45, 2.75) is 19.4 Å². The van der Waals surface area contributed by atoms with E-state index in [-0.39, 0.29) is 23.6 Å². The van der Waals surface area contributed by atoms with Gasteiger partial charge in [0.25, 0.3) is 17.9 Å². The van der Waals surface area contributed by atoms with Crippen LogP contribution in [0.1, 0.15) is 29.9 Å². The molecule has 0 bridgehead atoms. The van der Waals surface area contributed by atoms with Crippen molar-refractivity contribution in [2.24, 2.45) is 0 Å². The van der Waals surface area contributed by atoms with Crippen LogP contribution in [0, 0.1) is 11.8 Å². The smallest absolute Gasteiger partial charge is 0.314 e. The lowest BCUT2D eigenvalue weighted by molar-refractivity contribution is 0.116. The summed E-state index contributed by atoms with van der Waals surface area (Å²) >= 11 is 0. The molecule has 0 unspecified atom stereocenters. The summed E-state index contributed by atoms with van der Waals surface area (Å²) in [7, 11) is 0. The average molecular weight is 377 g/mol. The molecular weight excluding hydrogens is 366 g/mol. The fourth-order valence-corrected chi connectivity index (χ4v) is 2.19. The lowest BCUT2D eigenvalue weighted by Crippen LogP contribution is -2.17. The fourth-order valence-electron chi connectivity index (χ4n) is 2.19. The maximum absolute atomic E-state index is 12.7. The van der Waals surface area contributed by atoms with Gasteiger partial charge in [-0.2, -0.15) is 8.78 Å². The van der Waals surface area contributed by atoms with Crippen molar-refractivity contribution in [1.82, 2.24) is 14.8 Å². The van der Waals surface area contributed by atoms with Crippen molar-refractivity contribution in [2.75, 3.05) is 0 Å². The van der Waals surface area contributed by atoms with Crippen LogP contribution >= 0.6 is 0 Å². The third kappa shape index (κ3) is 4.41. The van der Waals surface area contributed by atoms with E-state index >= 15 is 0 Å². The van der Waals surface area contributed by atoms with Crippen molar-refractivity contribution in [3.63, 3.8) is 0 Å². The Morgan fingerprint density at radius 2 is 1.89 bits per heavy atom. The van der Waals surface area contributed by atoms with Gasteiger partial charge in [-0.1, -0.05) is 24.0 Å². The second-order valence-electron chi connectivity index (χ2n) is 5.36. The number of hydrogen-bond acceptors (Lipinski definition) is 4. The monoisotopic (exact) mass is 377 g/mol. The van der Waals surface area contributed by atoms with Crippen LogP contribution in [0.2, 0.25) is 0 Å². The number of pyridine rings is 1. The van der Waals surface area contributed by atoms with Gasteiger partial charge in [0.1, 0.15) is 0 Å². The van der Waals surface area contributed by atoms with E-state index in [0.717, 1.165) is 6.07 Å². The first-order valence-corrected chi connectivity index (χ1v) is 7.63. The lowest BCUT2D eigenvalue weighted by atomic mass is 10.1. The van der Waals surface area contributed by atoms with E-state index in [0.29, 0.717) is 5.56 Å². The van der Waals surface area contributed by atoms with Gasteiger partial charge in [0.2, 0.25) is 5.89 Å². The summed E-state index contributed by atoms with van der Waals surface area (Å²) in [5.41, 5.74) is 0.0158. The Morgan fingerprint density at radius 3 is 2.56 bits per heavy atom. The molecule has 0 saturated heterocycles. The van der Waals surface area contributed by atoms with E-state index in [4.69, 9.17) is 4.42 Å². The largest absolute Gasteiger partial charge is 0.415 e. The molecule has 0 amide bonds. The number of aromatic nitrogens is 3. The molecule has 0 radical (unpaired) electrons. The number of halogens is 4. The molecule has 0 saturated carbocycles. The number of rotatable bonds is 4. The molecule has 27 heavy (non-hydrogen) atoms. The van der Waals surface area contributed by atoms with Crippen molar-refractivity contribution in [1.29, 1.82) is 0 Å². The Morgan fingerprint density at radius 1 is 1.07 bits per heavy atom. The van der Waals surface area contributed by atoms with Crippen LogP contribution in [0.5, 0.6) is 0 Å². The fraction of sp³-hybridized carbons (Fsp3) is 0.167. The summed E-state index contributed by atoms with van der Waals surface area (Å²) in [6, 6.07) is 8.24. The molecule has 0 aliphatic heterocycles. The highest BCUT2D eigenvalue weighted by Crippen LogP contribution is 2.22. The van der Waals surface area contributed by atoms with Crippen LogP contribution < -0.4 is 5.56 Å². The minimum atomic E-state index is -2.90. The second kappa shape index (κ2) is 7.86. The zero-order valence-corrected chi connectivity index (χ0v) is 13.6. The Bertz CT molecular complexity index is 1060. The molecule has 0 aliphatic rings. The topological polar surface area (TPSA) is 60.9 Å². The molecular formula is C18H11F4N3O2. The highest BCUT2D eigenvalue weighted by molar-refractivity contribution is 5.51. The first kappa shape index (κ1) is 18.4. The number of nitrogens with zero attached hydrogens (tertiary/aromatic N) is 3. The zero-order chi connectivity index (χ0) is 19.4. The minimum Gasteiger partial charge on any atom is -0.415 e. The average Bonchev–Trinajstić information content (AvgIpc) is 3.14. The first-order valence-electron chi connectivity index (χ1n) is 7.63. The molecule has 1 aromatic carbocycles. The van der Waals surface area contributed by atoms with Gasteiger partial charge in [0, 0.05) is 29.0 Å². The van der Waals surface area contributed by atoms with Gasteiger partial charge < -0.3 is 8.98 Å². The van der Waals surface area contributed by atoms with E-state index in [1.165, 1.54) is 35.0 Å². The minimum absolute atomic E-state index is 0.0180. The first-order chi connectivity index (χ1) is 12.9.